The summed E-state index contributed by atoms with van der Waals surface area (Å²) >= 11 is 3.42. The third kappa shape index (κ3) is 6.75. The molecule has 3 heterocycles. The number of aromatic nitrogens is 2. The van der Waals surface area contributed by atoms with E-state index in [1.807, 2.05) is 24.3 Å². The van der Waals surface area contributed by atoms with Crippen molar-refractivity contribution < 1.29 is 32.2 Å². The molecule has 2 saturated heterocycles. The van der Waals surface area contributed by atoms with Gasteiger partial charge in [0.1, 0.15) is 18.4 Å². The lowest BCUT2D eigenvalue weighted by Crippen LogP contribution is -2.51. The number of carbonyl (C=O) groups is 2. The summed E-state index contributed by atoms with van der Waals surface area (Å²) in [7, 11) is 0. The Kier molecular flexibility index (Phi) is 8.00. The zero-order valence-electron chi connectivity index (χ0n) is 18.9. The molecule has 12 heteroatoms. The fourth-order valence-electron chi connectivity index (χ4n) is 4.31. The van der Waals surface area contributed by atoms with Crippen molar-refractivity contribution in [3.05, 3.63) is 46.7 Å². The van der Waals surface area contributed by atoms with Crippen molar-refractivity contribution in [3.63, 3.8) is 0 Å². The van der Waals surface area contributed by atoms with Crippen molar-refractivity contribution in [2.45, 2.75) is 31.7 Å². The van der Waals surface area contributed by atoms with E-state index in [0.717, 1.165) is 21.4 Å². The van der Waals surface area contributed by atoms with Gasteiger partial charge < -0.3 is 19.3 Å². The van der Waals surface area contributed by atoms with Crippen LogP contribution in [0.5, 0.6) is 5.75 Å². The van der Waals surface area contributed by atoms with Crippen LogP contribution < -0.4 is 4.74 Å². The van der Waals surface area contributed by atoms with E-state index in [0.29, 0.717) is 45.0 Å². The molecular formula is C23H26BrF3N4O4. The second-order valence-electron chi connectivity index (χ2n) is 8.60. The van der Waals surface area contributed by atoms with Gasteiger partial charge in [0.05, 0.1) is 13.2 Å². The molecule has 0 radical (unpaired) electrons. The number of likely N-dealkylation sites (tertiary alicyclic amines) is 1. The van der Waals surface area contributed by atoms with Crippen LogP contribution in [-0.2, 0) is 27.0 Å². The van der Waals surface area contributed by atoms with Gasteiger partial charge in [-0.3, -0.25) is 14.3 Å². The Bertz CT molecular complexity index is 1040. The van der Waals surface area contributed by atoms with Crippen LogP contribution in [-0.4, -0.2) is 76.9 Å². The van der Waals surface area contributed by atoms with Gasteiger partial charge in [0, 0.05) is 55.6 Å². The van der Waals surface area contributed by atoms with E-state index in [1.165, 1.54) is 0 Å². The molecule has 2 fully saturated rings. The van der Waals surface area contributed by atoms with Gasteiger partial charge in [0.25, 0.3) is 0 Å². The third-order valence-electron chi connectivity index (χ3n) is 6.13. The van der Waals surface area contributed by atoms with E-state index in [4.69, 9.17) is 9.47 Å². The van der Waals surface area contributed by atoms with Crippen molar-refractivity contribution in [1.82, 2.24) is 19.6 Å². The van der Waals surface area contributed by atoms with Crippen molar-refractivity contribution in [2.75, 3.05) is 39.4 Å². The molecule has 2 aliphatic rings. The fraction of sp³-hybridized carbons (Fsp3) is 0.522. The molecule has 35 heavy (non-hydrogen) atoms. The fourth-order valence-corrected chi connectivity index (χ4v) is 4.69. The number of morpholine rings is 1. The second kappa shape index (κ2) is 11.0. The smallest absolute Gasteiger partial charge is 0.435 e. The number of amides is 2. The van der Waals surface area contributed by atoms with Gasteiger partial charge in [-0.05, 0) is 24.3 Å². The van der Waals surface area contributed by atoms with Crippen LogP contribution in [0.25, 0.3) is 0 Å². The normalized spacial score (nSPS) is 21.1. The van der Waals surface area contributed by atoms with Gasteiger partial charge in [0.2, 0.25) is 11.8 Å². The average molecular weight is 559 g/mol. The minimum atomic E-state index is -4.57. The molecule has 8 nitrogen and oxygen atoms in total. The van der Waals surface area contributed by atoms with Crippen LogP contribution in [0.2, 0.25) is 0 Å². The molecule has 0 aliphatic carbocycles. The highest BCUT2D eigenvalue weighted by Crippen LogP contribution is 2.29. The summed E-state index contributed by atoms with van der Waals surface area (Å²) in [5.74, 6) is -0.00142. The summed E-state index contributed by atoms with van der Waals surface area (Å²) in [4.78, 5) is 29.2. The quantitative estimate of drug-likeness (QED) is 0.544. The highest BCUT2D eigenvalue weighted by atomic mass is 79.9. The minimum Gasteiger partial charge on any atom is -0.490 e. The lowest BCUT2D eigenvalue weighted by Gasteiger charge is -2.39. The second-order valence-corrected chi connectivity index (χ2v) is 9.51. The molecule has 2 aromatic rings. The monoisotopic (exact) mass is 558 g/mol. The van der Waals surface area contributed by atoms with E-state index in [1.54, 1.807) is 9.80 Å². The van der Waals surface area contributed by atoms with Crippen LogP contribution >= 0.6 is 15.9 Å². The van der Waals surface area contributed by atoms with Crippen molar-refractivity contribution in [3.8, 4) is 5.75 Å². The molecular weight excluding hydrogens is 533 g/mol. The number of ether oxygens (including phenoxy) is 2. The highest BCUT2D eigenvalue weighted by Gasteiger charge is 2.36. The Morgan fingerprint density at radius 1 is 1.11 bits per heavy atom. The molecule has 0 bridgehead atoms. The zero-order valence-corrected chi connectivity index (χ0v) is 20.5. The summed E-state index contributed by atoms with van der Waals surface area (Å²) in [6.45, 7) is 2.34. The number of hydrogen-bond acceptors (Lipinski definition) is 5. The number of alkyl halides is 3. The first-order valence-electron chi connectivity index (χ1n) is 11.4. The lowest BCUT2D eigenvalue weighted by molar-refractivity contribution is -0.143. The summed E-state index contributed by atoms with van der Waals surface area (Å²) in [6, 6.07) is 8.25. The number of hydrogen-bond donors (Lipinski definition) is 0. The standard InChI is InChI=1S/C23H26BrF3N4O4/c24-17-2-1-3-18(13-17)35-19-4-6-30(14-16(19)12-21(32)29-8-10-34-11-9-29)22(33)15-31-7-5-20(28-31)23(25,26)27/h1-3,5,7,13,16,19H,4,6,8-12,14-15H2/t16-,19-/m0/s1. The molecule has 2 aliphatic heterocycles. The summed E-state index contributed by atoms with van der Waals surface area (Å²) in [6.07, 6.45) is -3.03. The predicted molar refractivity (Wildman–Crippen MR) is 122 cm³/mol. The molecule has 190 valence electrons. The van der Waals surface area contributed by atoms with Crippen LogP contribution in [0.4, 0.5) is 13.2 Å². The van der Waals surface area contributed by atoms with Gasteiger partial charge in [-0.2, -0.15) is 18.3 Å². The Hall–Kier alpha value is -2.60. The zero-order chi connectivity index (χ0) is 25.0. The SMILES string of the molecule is O=C(C[C@H]1CN(C(=O)Cn2ccc(C(F)(F)F)n2)CC[C@@H]1Oc1cccc(Br)c1)N1CCOCC1. The van der Waals surface area contributed by atoms with E-state index in [-0.39, 0.29) is 43.3 Å². The van der Waals surface area contributed by atoms with Crippen molar-refractivity contribution >= 4 is 27.7 Å². The molecule has 2 amide bonds. The molecule has 0 saturated carbocycles. The number of rotatable bonds is 6. The van der Waals surface area contributed by atoms with Crippen LogP contribution in [0.1, 0.15) is 18.5 Å². The number of carbonyl (C=O) groups excluding carboxylic acids is 2. The van der Waals surface area contributed by atoms with Gasteiger partial charge in [-0.15, -0.1) is 0 Å². The number of nitrogens with zero attached hydrogens (tertiary/aromatic N) is 4. The number of piperidine rings is 1. The number of benzene rings is 1. The van der Waals surface area contributed by atoms with Gasteiger partial charge in [-0.1, -0.05) is 22.0 Å². The summed E-state index contributed by atoms with van der Waals surface area (Å²) in [5.41, 5.74) is -1.04. The first-order chi connectivity index (χ1) is 16.7. The van der Waals surface area contributed by atoms with Gasteiger partial charge in [0.15, 0.2) is 5.69 Å². The van der Waals surface area contributed by atoms with E-state index >= 15 is 0 Å². The van der Waals surface area contributed by atoms with E-state index in [2.05, 4.69) is 21.0 Å². The Balaban J connectivity index is 1.44. The minimum absolute atomic E-state index is 0.0302. The highest BCUT2D eigenvalue weighted by molar-refractivity contribution is 9.10. The van der Waals surface area contributed by atoms with Crippen LogP contribution in [0.3, 0.4) is 0 Å². The molecule has 1 aromatic carbocycles. The first kappa shape index (κ1) is 25.5. The Morgan fingerprint density at radius 2 is 1.89 bits per heavy atom. The topological polar surface area (TPSA) is 76.9 Å². The molecule has 0 unspecified atom stereocenters. The maximum absolute atomic E-state index is 13.0. The molecule has 0 N–H and O–H groups in total. The largest absolute Gasteiger partial charge is 0.490 e. The van der Waals surface area contributed by atoms with E-state index < -0.39 is 11.9 Å². The Labute approximate surface area is 209 Å². The van der Waals surface area contributed by atoms with Gasteiger partial charge in [-0.25, -0.2) is 0 Å². The van der Waals surface area contributed by atoms with Gasteiger partial charge >= 0.3 is 6.18 Å². The molecule has 1 aromatic heterocycles. The summed E-state index contributed by atoms with van der Waals surface area (Å²) in [5, 5.41) is 3.47. The maximum atomic E-state index is 13.0. The third-order valence-corrected chi connectivity index (χ3v) is 6.62. The van der Waals surface area contributed by atoms with E-state index in [9.17, 15) is 22.8 Å². The first-order valence-corrected chi connectivity index (χ1v) is 12.1. The van der Waals surface area contributed by atoms with Crippen LogP contribution in [0, 0.1) is 5.92 Å². The lowest BCUT2D eigenvalue weighted by atomic mass is 9.90. The summed E-state index contributed by atoms with van der Waals surface area (Å²) < 4.78 is 51.9. The Morgan fingerprint density at radius 3 is 2.57 bits per heavy atom. The average Bonchev–Trinajstić information content (AvgIpc) is 3.30. The molecule has 2 atom stereocenters. The number of halogens is 4. The molecule has 0 spiro atoms. The maximum Gasteiger partial charge on any atom is 0.435 e. The van der Waals surface area contributed by atoms with Crippen LogP contribution in [0.15, 0.2) is 41.0 Å². The molecule has 4 rings (SSSR count). The predicted octanol–water partition coefficient (Wildman–Crippen LogP) is 3.21. The van der Waals surface area contributed by atoms with Crippen molar-refractivity contribution in [1.29, 1.82) is 0 Å². The van der Waals surface area contributed by atoms with Crippen molar-refractivity contribution in [2.24, 2.45) is 5.92 Å².